The van der Waals surface area contributed by atoms with Crippen LogP contribution in [0.5, 0.6) is 5.75 Å². The quantitative estimate of drug-likeness (QED) is 0.167. The first kappa shape index (κ1) is 24.8. The Balaban J connectivity index is 1.38. The van der Waals surface area contributed by atoms with Gasteiger partial charge < -0.3 is 24.9 Å². The smallest absolute Gasteiger partial charge is 0.255 e. The monoisotopic (exact) mass is 487 g/mol. The van der Waals surface area contributed by atoms with E-state index in [4.69, 9.17) is 19.6 Å². The van der Waals surface area contributed by atoms with Crippen LogP contribution in [0.15, 0.2) is 77.2 Å². The second kappa shape index (κ2) is 11.9. The van der Waals surface area contributed by atoms with Gasteiger partial charge in [0.05, 0.1) is 24.5 Å². The Hall–Kier alpha value is -4.30. The number of hydrogen-bond donors (Lipinski definition) is 2. The van der Waals surface area contributed by atoms with Gasteiger partial charge in [0.2, 0.25) is 12.3 Å². The molecule has 36 heavy (non-hydrogen) atoms. The van der Waals surface area contributed by atoms with Gasteiger partial charge in [0.15, 0.2) is 0 Å². The highest BCUT2D eigenvalue weighted by molar-refractivity contribution is 6.05. The molecule has 3 N–H and O–H groups in total. The zero-order valence-corrected chi connectivity index (χ0v) is 20.1. The summed E-state index contributed by atoms with van der Waals surface area (Å²) >= 11 is 0. The molecule has 0 bridgehead atoms. The Kier molecular flexibility index (Phi) is 8.20. The van der Waals surface area contributed by atoms with Gasteiger partial charge in [-0.1, -0.05) is 30.3 Å². The Morgan fingerprint density at radius 2 is 1.78 bits per heavy atom. The number of anilines is 3. The average Bonchev–Trinajstić information content (AvgIpc) is 3.27. The second-order valence-corrected chi connectivity index (χ2v) is 8.04. The fourth-order valence-electron chi connectivity index (χ4n) is 3.85. The van der Waals surface area contributed by atoms with Crippen LogP contribution < -0.4 is 20.7 Å². The van der Waals surface area contributed by atoms with E-state index in [1.165, 1.54) is 4.90 Å². The Morgan fingerprint density at radius 3 is 2.53 bits per heavy atom. The number of para-hydroxylation sites is 3. The number of nitrogens with one attached hydrogen (secondary N) is 1. The number of hydrogen-bond acceptors (Lipinski definition) is 6. The van der Waals surface area contributed by atoms with Crippen molar-refractivity contribution in [3.05, 3.63) is 83.9 Å². The molecule has 0 aliphatic heterocycles. The Morgan fingerprint density at radius 1 is 1.03 bits per heavy atom. The largest absolute Gasteiger partial charge is 0.492 e. The van der Waals surface area contributed by atoms with Crippen molar-refractivity contribution in [3.63, 3.8) is 0 Å². The van der Waals surface area contributed by atoms with Gasteiger partial charge in [0, 0.05) is 29.5 Å². The molecule has 2 amide bonds. The number of carbonyl (C=O) groups excluding carboxylic acids is 2. The van der Waals surface area contributed by atoms with Gasteiger partial charge in [0.1, 0.15) is 17.9 Å². The van der Waals surface area contributed by atoms with Crippen molar-refractivity contribution < 1.29 is 23.5 Å². The first-order chi connectivity index (χ1) is 17.6. The first-order valence-electron chi connectivity index (χ1n) is 11.8. The zero-order chi connectivity index (χ0) is 25.3. The summed E-state index contributed by atoms with van der Waals surface area (Å²) in [6, 6.07) is 21.5. The summed E-state index contributed by atoms with van der Waals surface area (Å²) < 4.78 is 17.4. The lowest BCUT2D eigenvalue weighted by Crippen LogP contribution is -2.27. The van der Waals surface area contributed by atoms with Crippen LogP contribution >= 0.6 is 0 Å². The molecular formula is C28H29N3O5. The van der Waals surface area contributed by atoms with Crippen LogP contribution in [0.3, 0.4) is 0 Å². The predicted octanol–water partition coefficient (Wildman–Crippen LogP) is 4.89. The lowest BCUT2D eigenvalue weighted by molar-refractivity contribution is -0.107. The van der Waals surface area contributed by atoms with Gasteiger partial charge >= 0.3 is 0 Å². The van der Waals surface area contributed by atoms with Crippen molar-refractivity contribution in [1.82, 2.24) is 0 Å². The molecule has 0 radical (unpaired) electrons. The number of nitrogen functional groups attached to an aromatic ring is 1. The number of nitrogens with two attached hydrogens (primary N) is 1. The second-order valence-electron chi connectivity index (χ2n) is 8.04. The van der Waals surface area contributed by atoms with E-state index in [-0.39, 0.29) is 12.5 Å². The maximum atomic E-state index is 12.5. The number of ether oxygens (including phenoxy) is 2. The van der Waals surface area contributed by atoms with Crippen molar-refractivity contribution >= 4 is 40.5 Å². The molecule has 1 heterocycles. The topological polar surface area (TPSA) is 107 Å². The molecule has 0 saturated heterocycles. The third kappa shape index (κ3) is 5.84. The highest BCUT2D eigenvalue weighted by Gasteiger charge is 2.19. The number of carbonyl (C=O) groups is 2. The van der Waals surface area contributed by atoms with Gasteiger partial charge in [-0.2, -0.15) is 0 Å². The van der Waals surface area contributed by atoms with Crippen molar-refractivity contribution in [2.24, 2.45) is 0 Å². The van der Waals surface area contributed by atoms with Crippen molar-refractivity contribution in [2.45, 2.75) is 13.3 Å². The van der Waals surface area contributed by atoms with E-state index < -0.39 is 0 Å². The molecule has 0 saturated carbocycles. The summed E-state index contributed by atoms with van der Waals surface area (Å²) in [6.45, 7) is 3.64. The van der Waals surface area contributed by atoms with Crippen LogP contribution in [-0.2, 0) is 16.0 Å². The van der Waals surface area contributed by atoms with Gasteiger partial charge in [0.25, 0.3) is 5.91 Å². The summed E-state index contributed by atoms with van der Waals surface area (Å²) in [5.41, 5.74) is 9.07. The summed E-state index contributed by atoms with van der Waals surface area (Å²) in [5.74, 6) is 0.815. The molecule has 8 nitrogen and oxygen atoms in total. The molecular weight excluding hydrogens is 458 g/mol. The molecule has 186 valence electrons. The lowest BCUT2D eigenvalue weighted by atomic mass is 10.1. The van der Waals surface area contributed by atoms with E-state index in [0.29, 0.717) is 54.8 Å². The molecule has 0 fully saturated rings. The maximum Gasteiger partial charge on any atom is 0.255 e. The van der Waals surface area contributed by atoms with E-state index in [1.54, 1.807) is 48.5 Å². The van der Waals surface area contributed by atoms with Crippen LogP contribution in [0.2, 0.25) is 0 Å². The molecule has 0 unspecified atom stereocenters. The van der Waals surface area contributed by atoms with Crippen molar-refractivity contribution in [1.29, 1.82) is 0 Å². The minimum Gasteiger partial charge on any atom is -0.492 e. The van der Waals surface area contributed by atoms with Crippen LogP contribution in [0, 0.1) is 0 Å². The fraction of sp³-hybridized carbons (Fsp3) is 0.214. The van der Waals surface area contributed by atoms with Gasteiger partial charge in [-0.25, -0.2) is 0 Å². The molecule has 8 heteroatoms. The summed E-state index contributed by atoms with van der Waals surface area (Å²) in [7, 11) is 0. The molecule has 0 atom stereocenters. The Labute approximate surface area is 209 Å². The predicted molar refractivity (Wildman–Crippen MR) is 141 cm³/mol. The highest BCUT2D eigenvalue weighted by Crippen LogP contribution is 2.32. The third-order valence-electron chi connectivity index (χ3n) is 5.69. The molecule has 4 aromatic rings. The SMILES string of the molecule is CCOCCc1c(N(C=O)CCOc2ccc(C(=O)Nc3ccccc3N)cc2)oc2ccccc12. The number of fused-ring (bicyclic) bond motifs is 1. The van der Waals surface area contributed by atoms with E-state index >= 15 is 0 Å². The molecule has 1 aromatic heterocycles. The zero-order valence-electron chi connectivity index (χ0n) is 20.1. The van der Waals surface area contributed by atoms with Gasteiger partial charge in [-0.05, 0) is 49.4 Å². The van der Waals surface area contributed by atoms with Crippen LogP contribution in [0.1, 0.15) is 22.8 Å². The number of amides is 2. The number of rotatable bonds is 12. The lowest BCUT2D eigenvalue weighted by Gasteiger charge is -2.17. The third-order valence-corrected chi connectivity index (χ3v) is 5.69. The Bertz CT molecular complexity index is 1320. The number of benzene rings is 3. The molecule has 0 aliphatic carbocycles. The standard InChI is InChI=1S/C28H29N3O5/c1-2-34-17-15-23-22-7-3-6-10-26(22)36-28(23)31(19-32)16-18-35-21-13-11-20(12-14-21)27(33)30-25-9-5-4-8-24(25)29/h3-14,19H,2,15-18,29H2,1H3,(H,30,33). The van der Waals surface area contributed by atoms with E-state index in [0.717, 1.165) is 22.9 Å². The summed E-state index contributed by atoms with van der Waals surface area (Å²) in [4.78, 5) is 25.9. The summed E-state index contributed by atoms with van der Waals surface area (Å²) in [5, 5.41) is 3.76. The van der Waals surface area contributed by atoms with E-state index in [1.807, 2.05) is 31.2 Å². The molecule has 0 spiro atoms. The van der Waals surface area contributed by atoms with E-state index in [9.17, 15) is 9.59 Å². The van der Waals surface area contributed by atoms with Gasteiger partial charge in [-0.3, -0.25) is 14.5 Å². The molecule has 4 rings (SSSR count). The van der Waals surface area contributed by atoms with Crippen LogP contribution in [0.4, 0.5) is 17.3 Å². The van der Waals surface area contributed by atoms with Crippen LogP contribution in [-0.4, -0.2) is 38.7 Å². The number of furan rings is 1. The number of nitrogens with zero attached hydrogens (tertiary/aromatic N) is 1. The van der Waals surface area contributed by atoms with Gasteiger partial charge in [-0.15, -0.1) is 0 Å². The summed E-state index contributed by atoms with van der Waals surface area (Å²) in [6.07, 6.45) is 1.37. The average molecular weight is 488 g/mol. The maximum absolute atomic E-state index is 12.5. The molecule has 0 aliphatic rings. The van der Waals surface area contributed by atoms with Crippen molar-refractivity contribution in [2.75, 3.05) is 42.3 Å². The minimum atomic E-state index is -0.268. The minimum absolute atomic E-state index is 0.243. The fourth-order valence-corrected chi connectivity index (χ4v) is 3.85. The first-order valence-corrected chi connectivity index (χ1v) is 11.8. The van der Waals surface area contributed by atoms with Crippen molar-refractivity contribution in [3.8, 4) is 5.75 Å². The highest BCUT2D eigenvalue weighted by atomic mass is 16.5. The van der Waals surface area contributed by atoms with Crippen LogP contribution in [0.25, 0.3) is 11.0 Å². The van der Waals surface area contributed by atoms with E-state index in [2.05, 4.69) is 5.32 Å². The molecule has 3 aromatic carbocycles. The normalized spacial score (nSPS) is 10.8.